The summed E-state index contributed by atoms with van der Waals surface area (Å²) in [5.41, 5.74) is 2.06. The largest absolute Gasteiger partial charge is 0.417 e. The molecule has 8 heteroatoms. The smallest absolute Gasteiger partial charge is 0.337 e. The Morgan fingerprint density at radius 1 is 1.10 bits per heavy atom. The number of carbonyl (C=O) groups excluding carboxylic acids is 1. The van der Waals surface area contributed by atoms with Crippen LogP contribution in [0.4, 0.5) is 13.2 Å². The van der Waals surface area contributed by atoms with E-state index in [0.29, 0.717) is 42.0 Å². The van der Waals surface area contributed by atoms with Crippen LogP contribution in [0.2, 0.25) is 0 Å². The Kier molecular flexibility index (Phi) is 8.55. The molecule has 1 aromatic carbocycles. The van der Waals surface area contributed by atoms with Crippen molar-refractivity contribution in [3.8, 4) is 0 Å². The van der Waals surface area contributed by atoms with Gasteiger partial charge < -0.3 is 9.47 Å². The molecule has 3 heterocycles. The standard InChI is InChI=1S/C34H42F3N3O2/c1-22(2)19-33(32(42)40-15-12-29-27(21-40)18-28(20-38-29)34(35,36)37)13-5-6-25(11-14-33)23(3)16-24-7-8-26-9-10-31(41)39(4)30(26)17-24/h7-10,17-18,20,22-23,25H,5-6,11-16,19,21H2,1-4H3. The van der Waals surface area contributed by atoms with E-state index >= 15 is 0 Å². The van der Waals surface area contributed by atoms with E-state index in [9.17, 15) is 22.8 Å². The van der Waals surface area contributed by atoms with Crippen molar-refractivity contribution < 1.29 is 18.0 Å². The molecule has 0 radical (unpaired) electrons. The van der Waals surface area contributed by atoms with Gasteiger partial charge in [-0.2, -0.15) is 13.2 Å². The van der Waals surface area contributed by atoms with Crippen LogP contribution in [0.25, 0.3) is 10.9 Å². The van der Waals surface area contributed by atoms with Crippen LogP contribution in [-0.2, 0) is 37.4 Å². The summed E-state index contributed by atoms with van der Waals surface area (Å²) in [7, 11) is 1.81. The lowest BCUT2D eigenvalue weighted by molar-refractivity contribution is -0.145. The fourth-order valence-electron chi connectivity index (χ4n) is 7.46. The first-order valence-corrected chi connectivity index (χ1v) is 15.3. The van der Waals surface area contributed by atoms with Gasteiger partial charge in [0.1, 0.15) is 0 Å². The van der Waals surface area contributed by atoms with E-state index in [-0.39, 0.29) is 18.0 Å². The molecule has 1 saturated carbocycles. The predicted octanol–water partition coefficient (Wildman–Crippen LogP) is 7.33. The molecule has 226 valence electrons. The molecule has 5 rings (SSSR count). The number of amides is 1. The molecule has 0 bridgehead atoms. The van der Waals surface area contributed by atoms with Gasteiger partial charge in [0.25, 0.3) is 5.56 Å². The Morgan fingerprint density at radius 2 is 1.86 bits per heavy atom. The van der Waals surface area contributed by atoms with Gasteiger partial charge in [-0.1, -0.05) is 45.7 Å². The summed E-state index contributed by atoms with van der Waals surface area (Å²) in [4.78, 5) is 32.3. The van der Waals surface area contributed by atoms with Crippen LogP contribution >= 0.6 is 0 Å². The lowest BCUT2D eigenvalue weighted by Crippen LogP contribution is -2.47. The Labute approximate surface area is 246 Å². The van der Waals surface area contributed by atoms with Gasteiger partial charge in [0, 0.05) is 49.9 Å². The molecule has 5 nitrogen and oxygen atoms in total. The highest BCUT2D eigenvalue weighted by Gasteiger charge is 2.44. The monoisotopic (exact) mass is 581 g/mol. The van der Waals surface area contributed by atoms with Crippen LogP contribution < -0.4 is 5.56 Å². The highest BCUT2D eigenvalue weighted by atomic mass is 19.4. The summed E-state index contributed by atoms with van der Waals surface area (Å²) >= 11 is 0. The van der Waals surface area contributed by atoms with Gasteiger partial charge in [0.15, 0.2) is 0 Å². The van der Waals surface area contributed by atoms with Crippen molar-refractivity contribution in [3.05, 3.63) is 75.3 Å². The van der Waals surface area contributed by atoms with Gasteiger partial charge in [0.05, 0.1) is 11.1 Å². The maximum absolute atomic E-state index is 14.3. The van der Waals surface area contributed by atoms with Crippen LogP contribution in [0.5, 0.6) is 0 Å². The SMILES string of the molecule is CC(C)CC1(C(=O)N2CCc3ncc(C(F)(F)F)cc3C2)CCCC(C(C)Cc2ccc3ccc(=O)n(C)c3c2)CC1. The van der Waals surface area contributed by atoms with Crippen molar-refractivity contribution in [2.45, 2.75) is 84.9 Å². The van der Waals surface area contributed by atoms with E-state index < -0.39 is 17.2 Å². The summed E-state index contributed by atoms with van der Waals surface area (Å²) < 4.78 is 41.8. The quantitative estimate of drug-likeness (QED) is 0.287. The Hall–Kier alpha value is -3.16. The third kappa shape index (κ3) is 6.28. The van der Waals surface area contributed by atoms with Crippen molar-refractivity contribution in [1.82, 2.24) is 14.5 Å². The number of alkyl halides is 3. The van der Waals surface area contributed by atoms with Gasteiger partial charge in [-0.05, 0) is 84.6 Å². The van der Waals surface area contributed by atoms with Crippen molar-refractivity contribution in [2.24, 2.45) is 30.2 Å². The van der Waals surface area contributed by atoms with E-state index in [4.69, 9.17) is 0 Å². The van der Waals surface area contributed by atoms with Gasteiger partial charge in [-0.25, -0.2) is 0 Å². The van der Waals surface area contributed by atoms with Crippen LogP contribution in [0.3, 0.4) is 0 Å². The number of aromatic nitrogens is 2. The lowest BCUT2D eigenvalue weighted by Gasteiger charge is -2.40. The van der Waals surface area contributed by atoms with Gasteiger partial charge in [0.2, 0.25) is 5.91 Å². The second kappa shape index (κ2) is 11.8. The number of halogens is 3. The average molecular weight is 582 g/mol. The Bertz CT molecular complexity index is 1510. The van der Waals surface area contributed by atoms with E-state index in [1.807, 2.05) is 6.07 Å². The third-order valence-corrected chi connectivity index (χ3v) is 9.69. The van der Waals surface area contributed by atoms with Gasteiger partial charge in [-0.3, -0.25) is 14.6 Å². The molecule has 1 aliphatic carbocycles. The first-order chi connectivity index (χ1) is 19.9. The fraction of sp³-hybridized carbons (Fsp3) is 0.559. The average Bonchev–Trinajstić information content (AvgIpc) is 3.17. The first-order valence-electron chi connectivity index (χ1n) is 15.3. The molecular formula is C34H42F3N3O2. The highest BCUT2D eigenvalue weighted by molar-refractivity contribution is 5.83. The van der Waals surface area contributed by atoms with E-state index in [2.05, 4.69) is 44.0 Å². The molecule has 1 aliphatic heterocycles. The van der Waals surface area contributed by atoms with E-state index in [0.717, 1.165) is 62.0 Å². The molecule has 1 amide bonds. The minimum atomic E-state index is -4.45. The number of fused-ring (bicyclic) bond motifs is 2. The van der Waals surface area contributed by atoms with Gasteiger partial charge in [-0.15, -0.1) is 0 Å². The van der Waals surface area contributed by atoms with Crippen molar-refractivity contribution in [2.75, 3.05) is 6.54 Å². The summed E-state index contributed by atoms with van der Waals surface area (Å²) in [5, 5.41) is 1.05. The summed E-state index contributed by atoms with van der Waals surface area (Å²) in [6.07, 6.45) is 3.22. The maximum Gasteiger partial charge on any atom is 0.417 e. The van der Waals surface area contributed by atoms with Crippen LogP contribution in [-0.4, -0.2) is 26.9 Å². The fourth-order valence-corrected chi connectivity index (χ4v) is 7.46. The van der Waals surface area contributed by atoms with Crippen LogP contribution in [0.1, 0.15) is 81.7 Å². The topological polar surface area (TPSA) is 55.2 Å². The molecule has 3 aromatic rings. The molecule has 42 heavy (non-hydrogen) atoms. The minimum Gasteiger partial charge on any atom is -0.337 e. The molecule has 3 unspecified atom stereocenters. The molecule has 0 spiro atoms. The second-order valence-corrected chi connectivity index (χ2v) is 13.2. The van der Waals surface area contributed by atoms with Crippen LogP contribution in [0.15, 0.2) is 47.4 Å². The van der Waals surface area contributed by atoms with E-state index in [1.54, 1.807) is 22.6 Å². The summed E-state index contributed by atoms with van der Waals surface area (Å²) in [6, 6.07) is 11.0. The number of hydrogen-bond acceptors (Lipinski definition) is 3. The first kappa shape index (κ1) is 30.3. The van der Waals surface area contributed by atoms with Gasteiger partial charge >= 0.3 is 6.18 Å². The molecular weight excluding hydrogens is 539 g/mol. The number of pyridine rings is 2. The van der Waals surface area contributed by atoms with Crippen molar-refractivity contribution in [3.63, 3.8) is 0 Å². The maximum atomic E-state index is 14.3. The van der Waals surface area contributed by atoms with Crippen molar-refractivity contribution in [1.29, 1.82) is 0 Å². The highest BCUT2D eigenvalue weighted by Crippen LogP contribution is 2.46. The molecule has 1 fully saturated rings. The summed E-state index contributed by atoms with van der Waals surface area (Å²) in [5.74, 6) is 1.33. The number of benzene rings is 1. The Balaban J connectivity index is 1.31. The number of rotatable bonds is 6. The van der Waals surface area contributed by atoms with E-state index in [1.165, 1.54) is 11.6 Å². The number of nitrogens with zero attached hydrogens (tertiary/aromatic N) is 3. The Morgan fingerprint density at radius 3 is 2.60 bits per heavy atom. The molecule has 0 saturated heterocycles. The minimum absolute atomic E-state index is 0.0168. The number of aryl methyl sites for hydroxylation is 1. The normalized spacial score (nSPS) is 22.2. The molecule has 3 atom stereocenters. The molecule has 0 N–H and O–H groups in total. The second-order valence-electron chi connectivity index (χ2n) is 13.2. The zero-order valence-corrected chi connectivity index (χ0v) is 25.1. The predicted molar refractivity (Wildman–Crippen MR) is 159 cm³/mol. The number of hydrogen-bond donors (Lipinski definition) is 0. The third-order valence-electron chi connectivity index (χ3n) is 9.69. The number of carbonyl (C=O) groups is 1. The van der Waals surface area contributed by atoms with Crippen molar-refractivity contribution >= 4 is 16.8 Å². The lowest BCUT2D eigenvalue weighted by atomic mass is 9.72. The molecule has 2 aromatic heterocycles. The zero-order valence-electron chi connectivity index (χ0n) is 25.1. The molecule has 2 aliphatic rings. The summed E-state index contributed by atoms with van der Waals surface area (Å²) in [6.45, 7) is 7.28. The van der Waals surface area contributed by atoms with Crippen LogP contribution in [0, 0.1) is 23.2 Å². The zero-order chi connectivity index (χ0) is 30.2.